The van der Waals surface area contributed by atoms with Crippen molar-refractivity contribution < 1.29 is 23.9 Å². The van der Waals surface area contributed by atoms with Crippen molar-refractivity contribution in [3.05, 3.63) is 80.5 Å². The van der Waals surface area contributed by atoms with Gasteiger partial charge in [0, 0.05) is 37.3 Å². The Morgan fingerprint density at radius 2 is 1.91 bits per heavy atom. The Hall–Kier alpha value is -2.87. The summed E-state index contributed by atoms with van der Waals surface area (Å²) in [5.41, 5.74) is 2.85. The Morgan fingerprint density at radius 1 is 1.14 bits per heavy atom. The zero-order valence-electron chi connectivity index (χ0n) is 19.9. The van der Waals surface area contributed by atoms with Crippen LogP contribution in [0.5, 0.6) is 0 Å². The number of hydrogen-bond donors (Lipinski definition) is 1. The van der Waals surface area contributed by atoms with Gasteiger partial charge in [-0.1, -0.05) is 41.4 Å². The number of carbonyl (C=O) groups excluding carboxylic acids is 3. The van der Waals surface area contributed by atoms with Gasteiger partial charge in [0.1, 0.15) is 0 Å². The molecule has 2 aromatic carbocycles. The summed E-state index contributed by atoms with van der Waals surface area (Å²) in [7, 11) is 1.56. The van der Waals surface area contributed by atoms with Crippen LogP contribution in [0.1, 0.15) is 47.7 Å². The largest absolute Gasteiger partial charge is 0.463 e. The fourth-order valence-corrected chi connectivity index (χ4v) is 4.36. The summed E-state index contributed by atoms with van der Waals surface area (Å²) in [6, 6.07) is 12.1. The van der Waals surface area contributed by atoms with E-state index >= 15 is 0 Å². The van der Waals surface area contributed by atoms with Crippen LogP contribution in [0.4, 0.5) is 0 Å². The van der Waals surface area contributed by atoms with Gasteiger partial charge < -0.3 is 19.7 Å². The molecule has 2 amide bonds. The molecule has 1 heterocycles. The number of allylic oxidation sites excluding steroid dienone is 1. The minimum atomic E-state index is -0.509. The molecule has 0 saturated carbocycles. The molecule has 0 radical (unpaired) electrons. The minimum absolute atomic E-state index is 0.0701. The molecule has 0 aromatic heterocycles. The molecule has 0 aliphatic carbocycles. The second-order valence-corrected chi connectivity index (χ2v) is 8.89. The van der Waals surface area contributed by atoms with Gasteiger partial charge in [0.25, 0.3) is 5.91 Å². The number of carbonyl (C=O) groups is 3. The SMILES string of the molecule is CCOC(=O)C1=C(C)N(Cc2cccc(C(=O)NCCOC)c2)C(=O)CC1c1ccc(Cl)c(Cl)c1. The monoisotopic (exact) mass is 518 g/mol. The fraction of sp³-hybridized carbons (Fsp3) is 0.346. The minimum Gasteiger partial charge on any atom is -0.463 e. The molecule has 0 fully saturated rings. The molecule has 35 heavy (non-hydrogen) atoms. The number of ether oxygens (including phenoxy) is 2. The van der Waals surface area contributed by atoms with Gasteiger partial charge in [0.15, 0.2) is 0 Å². The third-order valence-corrected chi connectivity index (χ3v) is 6.52. The summed E-state index contributed by atoms with van der Waals surface area (Å²) < 4.78 is 10.3. The number of nitrogens with one attached hydrogen (secondary N) is 1. The normalized spacial score (nSPS) is 15.9. The van der Waals surface area contributed by atoms with Gasteiger partial charge >= 0.3 is 5.97 Å². The van der Waals surface area contributed by atoms with Gasteiger partial charge in [0.05, 0.1) is 35.4 Å². The predicted octanol–water partition coefficient (Wildman–Crippen LogP) is 4.72. The molecular weight excluding hydrogens is 491 g/mol. The summed E-state index contributed by atoms with van der Waals surface area (Å²) in [5, 5.41) is 3.52. The van der Waals surface area contributed by atoms with E-state index in [4.69, 9.17) is 32.7 Å². The maximum Gasteiger partial charge on any atom is 0.336 e. The van der Waals surface area contributed by atoms with Crippen molar-refractivity contribution in [2.45, 2.75) is 32.7 Å². The van der Waals surface area contributed by atoms with Crippen molar-refractivity contribution >= 4 is 41.0 Å². The van der Waals surface area contributed by atoms with Crippen molar-refractivity contribution in [1.82, 2.24) is 10.2 Å². The first-order valence-electron chi connectivity index (χ1n) is 11.3. The molecule has 0 spiro atoms. The van der Waals surface area contributed by atoms with Gasteiger partial charge in [0.2, 0.25) is 5.91 Å². The standard InChI is InChI=1S/C26H28Cl2N2O5/c1-4-35-26(33)24-16(2)30(23(31)14-20(24)18-8-9-21(27)22(28)13-18)15-17-6-5-7-19(12-17)25(32)29-10-11-34-3/h5-9,12-13,20H,4,10-11,14-15H2,1-3H3,(H,29,32). The molecule has 1 atom stereocenters. The highest BCUT2D eigenvalue weighted by molar-refractivity contribution is 6.42. The van der Waals surface area contributed by atoms with Crippen molar-refractivity contribution in [3.8, 4) is 0 Å². The van der Waals surface area contributed by atoms with Crippen LogP contribution in [0.2, 0.25) is 10.0 Å². The molecule has 3 rings (SSSR count). The number of amides is 2. The first-order chi connectivity index (χ1) is 16.8. The smallest absolute Gasteiger partial charge is 0.336 e. The highest BCUT2D eigenvalue weighted by atomic mass is 35.5. The van der Waals surface area contributed by atoms with E-state index in [0.717, 1.165) is 5.56 Å². The van der Waals surface area contributed by atoms with Crippen LogP contribution in [-0.2, 0) is 25.6 Å². The molecular formula is C26H28Cl2N2O5. The van der Waals surface area contributed by atoms with Crippen LogP contribution < -0.4 is 5.32 Å². The maximum absolute atomic E-state index is 13.3. The van der Waals surface area contributed by atoms with Gasteiger partial charge in [-0.2, -0.15) is 0 Å². The molecule has 1 aliphatic rings. The number of nitrogens with zero attached hydrogens (tertiary/aromatic N) is 1. The van der Waals surface area contributed by atoms with E-state index in [-0.39, 0.29) is 31.4 Å². The third kappa shape index (κ3) is 6.42. The van der Waals surface area contributed by atoms with Crippen molar-refractivity contribution in [3.63, 3.8) is 0 Å². The average molecular weight is 519 g/mol. The maximum atomic E-state index is 13.3. The number of esters is 1. The first kappa shape index (κ1) is 26.7. The molecule has 7 nitrogen and oxygen atoms in total. The number of benzene rings is 2. The van der Waals surface area contributed by atoms with E-state index in [0.29, 0.717) is 45.6 Å². The number of halogens is 2. The van der Waals surface area contributed by atoms with E-state index in [1.807, 2.05) is 6.07 Å². The van der Waals surface area contributed by atoms with Gasteiger partial charge in [-0.15, -0.1) is 0 Å². The average Bonchev–Trinajstić information content (AvgIpc) is 2.83. The molecule has 0 bridgehead atoms. The molecule has 1 N–H and O–H groups in total. The van der Waals surface area contributed by atoms with Gasteiger partial charge in [-0.05, 0) is 49.2 Å². The Labute approximate surface area is 215 Å². The number of rotatable bonds is 9. The van der Waals surface area contributed by atoms with E-state index in [1.54, 1.807) is 62.3 Å². The molecule has 0 saturated heterocycles. The number of methoxy groups -OCH3 is 1. The van der Waals surface area contributed by atoms with Gasteiger partial charge in [-0.3, -0.25) is 9.59 Å². The summed E-state index contributed by atoms with van der Waals surface area (Å²) >= 11 is 12.3. The Balaban J connectivity index is 1.93. The van der Waals surface area contributed by atoms with Gasteiger partial charge in [-0.25, -0.2) is 4.79 Å². The first-order valence-corrected chi connectivity index (χ1v) is 12.0. The highest BCUT2D eigenvalue weighted by Gasteiger charge is 2.37. The molecule has 1 unspecified atom stereocenters. The van der Waals surface area contributed by atoms with Crippen LogP contribution in [0.25, 0.3) is 0 Å². The third-order valence-electron chi connectivity index (χ3n) is 5.79. The lowest BCUT2D eigenvalue weighted by molar-refractivity contribution is -0.140. The summed E-state index contributed by atoms with van der Waals surface area (Å²) in [5.74, 6) is -1.37. The highest BCUT2D eigenvalue weighted by Crippen LogP contribution is 2.39. The Morgan fingerprint density at radius 3 is 2.60 bits per heavy atom. The van der Waals surface area contributed by atoms with E-state index in [9.17, 15) is 14.4 Å². The second-order valence-electron chi connectivity index (χ2n) is 8.08. The fourth-order valence-electron chi connectivity index (χ4n) is 4.05. The molecule has 9 heteroatoms. The Kier molecular flexibility index (Phi) is 9.32. The molecule has 2 aromatic rings. The van der Waals surface area contributed by atoms with E-state index in [1.165, 1.54) is 0 Å². The van der Waals surface area contributed by atoms with Crippen LogP contribution in [0, 0.1) is 0 Å². The van der Waals surface area contributed by atoms with Crippen LogP contribution in [0.3, 0.4) is 0 Å². The number of hydrogen-bond acceptors (Lipinski definition) is 5. The topological polar surface area (TPSA) is 84.9 Å². The van der Waals surface area contributed by atoms with Crippen LogP contribution in [-0.4, -0.2) is 49.6 Å². The molecule has 1 aliphatic heterocycles. The zero-order chi connectivity index (χ0) is 25.5. The van der Waals surface area contributed by atoms with Crippen LogP contribution in [0.15, 0.2) is 53.7 Å². The zero-order valence-corrected chi connectivity index (χ0v) is 21.4. The van der Waals surface area contributed by atoms with Crippen molar-refractivity contribution in [2.24, 2.45) is 0 Å². The lowest BCUT2D eigenvalue weighted by Gasteiger charge is -2.34. The van der Waals surface area contributed by atoms with Crippen LogP contribution >= 0.6 is 23.2 Å². The summed E-state index contributed by atoms with van der Waals surface area (Å²) in [6.07, 6.45) is 0.0701. The van der Waals surface area contributed by atoms with Crippen molar-refractivity contribution in [1.29, 1.82) is 0 Å². The summed E-state index contributed by atoms with van der Waals surface area (Å²) in [4.78, 5) is 40.2. The lowest BCUT2D eigenvalue weighted by atomic mass is 9.83. The van der Waals surface area contributed by atoms with E-state index in [2.05, 4.69) is 5.32 Å². The molecule has 186 valence electrons. The lowest BCUT2D eigenvalue weighted by Crippen LogP contribution is -2.38. The van der Waals surface area contributed by atoms with Crippen molar-refractivity contribution in [2.75, 3.05) is 26.9 Å². The second kappa shape index (κ2) is 12.2. The quantitative estimate of drug-likeness (QED) is 0.383. The van der Waals surface area contributed by atoms with E-state index < -0.39 is 11.9 Å². The Bertz CT molecular complexity index is 1150. The predicted molar refractivity (Wildman–Crippen MR) is 134 cm³/mol. The summed E-state index contributed by atoms with van der Waals surface area (Å²) in [6.45, 7) is 4.68.